The summed E-state index contributed by atoms with van der Waals surface area (Å²) in [4.78, 5) is 26.3. The maximum atomic E-state index is 12.8. The lowest BCUT2D eigenvalue weighted by molar-refractivity contribution is -0.149. The van der Waals surface area contributed by atoms with Crippen molar-refractivity contribution in [1.82, 2.24) is 4.90 Å². The Labute approximate surface area is 153 Å². The lowest BCUT2D eigenvalue weighted by atomic mass is 9.81. The molecule has 26 heavy (non-hydrogen) atoms. The predicted molar refractivity (Wildman–Crippen MR) is 94.2 cm³/mol. The molecule has 1 aromatic rings. The van der Waals surface area contributed by atoms with Gasteiger partial charge < -0.3 is 19.5 Å². The van der Waals surface area contributed by atoms with Crippen molar-refractivity contribution in [3.8, 4) is 5.75 Å². The summed E-state index contributed by atoms with van der Waals surface area (Å²) in [5.74, 6) is 0.00183. The van der Waals surface area contributed by atoms with Gasteiger partial charge >= 0.3 is 5.97 Å². The van der Waals surface area contributed by atoms with Crippen molar-refractivity contribution in [3.05, 3.63) is 29.8 Å². The summed E-state index contributed by atoms with van der Waals surface area (Å²) in [6, 6.07) is 7.20. The third kappa shape index (κ3) is 3.07. The van der Waals surface area contributed by atoms with Crippen LogP contribution in [-0.2, 0) is 9.53 Å². The first-order valence-electron chi connectivity index (χ1n) is 9.46. The molecule has 6 nitrogen and oxygen atoms in total. The Balaban J connectivity index is 1.41. The van der Waals surface area contributed by atoms with E-state index in [0.717, 1.165) is 44.6 Å². The molecule has 3 aliphatic rings. The fraction of sp³-hybridized carbons (Fsp3) is 0.600. The summed E-state index contributed by atoms with van der Waals surface area (Å²) in [5, 5.41) is 9.67. The molecule has 2 saturated heterocycles. The van der Waals surface area contributed by atoms with E-state index in [-0.39, 0.29) is 17.9 Å². The van der Waals surface area contributed by atoms with E-state index in [9.17, 15) is 14.7 Å². The Bertz CT molecular complexity index is 682. The minimum Gasteiger partial charge on any atom is -0.490 e. The van der Waals surface area contributed by atoms with Crippen LogP contribution in [0.2, 0.25) is 0 Å². The number of carboxylic acids is 1. The normalized spacial score (nSPS) is 28.8. The first kappa shape index (κ1) is 17.3. The Morgan fingerprint density at radius 3 is 2.54 bits per heavy atom. The van der Waals surface area contributed by atoms with E-state index in [1.165, 1.54) is 0 Å². The van der Waals surface area contributed by atoms with Crippen LogP contribution in [0.1, 0.15) is 42.5 Å². The number of hydrogen-bond donors (Lipinski definition) is 1. The van der Waals surface area contributed by atoms with Crippen LogP contribution in [0.4, 0.5) is 0 Å². The summed E-state index contributed by atoms with van der Waals surface area (Å²) in [5.41, 5.74) is -0.147. The van der Waals surface area contributed by atoms with Crippen LogP contribution >= 0.6 is 0 Å². The van der Waals surface area contributed by atoms with E-state index in [1.54, 1.807) is 17.0 Å². The fourth-order valence-electron chi connectivity index (χ4n) is 4.64. The molecule has 1 aromatic carbocycles. The average molecular weight is 359 g/mol. The molecule has 2 heterocycles. The van der Waals surface area contributed by atoms with E-state index >= 15 is 0 Å². The molecule has 1 aliphatic carbocycles. The maximum Gasteiger partial charge on any atom is 0.311 e. The second kappa shape index (κ2) is 6.91. The van der Waals surface area contributed by atoms with Gasteiger partial charge in [-0.25, -0.2) is 0 Å². The predicted octanol–water partition coefficient (Wildman–Crippen LogP) is 2.57. The topological polar surface area (TPSA) is 76.1 Å². The van der Waals surface area contributed by atoms with E-state index in [4.69, 9.17) is 9.47 Å². The van der Waals surface area contributed by atoms with Gasteiger partial charge in [0.1, 0.15) is 11.9 Å². The van der Waals surface area contributed by atoms with Crippen LogP contribution < -0.4 is 4.74 Å². The van der Waals surface area contributed by atoms with E-state index in [2.05, 4.69) is 0 Å². The summed E-state index contributed by atoms with van der Waals surface area (Å²) in [6.45, 7) is 2.32. The van der Waals surface area contributed by atoms with Gasteiger partial charge in [-0.3, -0.25) is 9.59 Å². The van der Waals surface area contributed by atoms with Gasteiger partial charge in [-0.05, 0) is 43.0 Å². The number of carbonyl (C=O) groups is 2. The van der Waals surface area contributed by atoms with Gasteiger partial charge in [0.2, 0.25) is 0 Å². The second-order valence-electron chi connectivity index (χ2n) is 7.69. The maximum absolute atomic E-state index is 12.8. The highest BCUT2D eigenvalue weighted by molar-refractivity contribution is 5.95. The highest BCUT2D eigenvalue weighted by Crippen LogP contribution is 2.49. The van der Waals surface area contributed by atoms with Gasteiger partial charge in [-0.2, -0.15) is 0 Å². The summed E-state index contributed by atoms with van der Waals surface area (Å²) in [6.07, 6.45) is 4.44. The molecule has 0 aromatic heterocycles. The monoisotopic (exact) mass is 359 g/mol. The molecule has 140 valence electrons. The molecular formula is C20H25NO5. The third-order valence-corrected chi connectivity index (χ3v) is 6.16. The number of carboxylic acid groups (broad SMARTS) is 1. The van der Waals surface area contributed by atoms with Gasteiger partial charge in [0.25, 0.3) is 5.91 Å². The minimum absolute atomic E-state index is 0.0834. The molecular weight excluding hydrogens is 334 g/mol. The minimum atomic E-state index is -0.754. The molecule has 1 amide bonds. The molecule has 1 saturated carbocycles. The molecule has 0 radical (unpaired) electrons. The molecule has 4 rings (SSSR count). The van der Waals surface area contributed by atoms with Crippen LogP contribution in [-0.4, -0.2) is 54.3 Å². The molecule has 3 fully saturated rings. The van der Waals surface area contributed by atoms with Crippen LogP contribution in [0, 0.1) is 11.3 Å². The van der Waals surface area contributed by atoms with E-state index in [1.807, 2.05) is 12.1 Å². The number of ether oxygens (including phenoxy) is 2. The Morgan fingerprint density at radius 2 is 1.88 bits per heavy atom. The Hall–Kier alpha value is -2.08. The molecule has 2 aliphatic heterocycles. The largest absolute Gasteiger partial charge is 0.490 e. The molecule has 0 bridgehead atoms. The highest BCUT2D eigenvalue weighted by atomic mass is 16.5. The van der Waals surface area contributed by atoms with E-state index in [0.29, 0.717) is 25.1 Å². The van der Waals surface area contributed by atoms with Gasteiger partial charge in [0, 0.05) is 31.5 Å². The van der Waals surface area contributed by atoms with Gasteiger partial charge in [0.15, 0.2) is 0 Å². The molecule has 0 spiro atoms. The highest BCUT2D eigenvalue weighted by Gasteiger charge is 2.55. The quantitative estimate of drug-likeness (QED) is 0.894. The van der Waals surface area contributed by atoms with Crippen molar-refractivity contribution in [2.75, 3.05) is 26.3 Å². The first-order valence-corrected chi connectivity index (χ1v) is 9.46. The van der Waals surface area contributed by atoms with Crippen LogP contribution in [0.15, 0.2) is 24.3 Å². The summed E-state index contributed by atoms with van der Waals surface area (Å²) >= 11 is 0. The van der Waals surface area contributed by atoms with Crippen molar-refractivity contribution in [2.45, 2.75) is 38.2 Å². The summed E-state index contributed by atoms with van der Waals surface area (Å²) in [7, 11) is 0. The number of rotatable bonds is 4. The van der Waals surface area contributed by atoms with Crippen molar-refractivity contribution < 1.29 is 24.2 Å². The van der Waals surface area contributed by atoms with Crippen LogP contribution in [0.5, 0.6) is 5.75 Å². The standard InChI is InChI=1S/C20H25NO5/c22-18(21-12-15-2-1-9-20(15,13-21)19(23)24)14-3-5-16(6-4-14)26-17-7-10-25-11-8-17/h3-6,15,17H,1-2,7-13H2,(H,23,24)/t15-,20+/m0/s1. The number of aliphatic carboxylic acids is 1. The zero-order chi connectivity index (χ0) is 18.1. The lowest BCUT2D eigenvalue weighted by Crippen LogP contribution is -2.37. The van der Waals surface area contributed by atoms with Crippen molar-refractivity contribution in [1.29, 1.82) is 0 Å². The number of amides is 1. The third-order valence-electron chi connectivity index (χ3n) is 6.16. The van der Waals surface area contributed by atoms with Gasteiger partial charge in [-0.1, -0.05) is 6.42 Å². The molecule has 0 unspecified atom stereocenters. The SMILES string of the molecule is O=C(c1ccc(OC2CCOCC2)cc1)N1C[C@@H]2CCC[C@@]2(C(=O)O)C1. The van der Waals surface area contributed by atoms with Gasteiger partial charge in [-0.15, -0.1) is 0 Å². The number of fused-ring (bicyclic) bond motifs is 1. The zero-order valence-corrected chi connectivity index (χ0v) is 14.9. The van der Waals surface area contributed by atoms with Gasteiger partial charge in [0.05, 0.1) is 18.6 Å². The van der Waals surface area contributed by atoms with Crippen molar-refractivity contribution in [3.63, 3.8) is 0 Å². The number of likely N-dealkylation sites (tertiary alicyclic amines) is 1. The molecule has 2 atom stereocenters. The lowest BCUT2D eigenvalue weighted by Gasteiger charge is -2.24. The first-order chi connectivity index (χ1) is 12.6. The average Bonchev–Trinajstić information content (AvgIpc) is 3.21. The fourth-order valence-corrected chi connectivity index (χ4v) is 4.64. The van der Waals surface area contributed by atoms with Crippen molar-refractivity contribution in [2.24, 2.45) is 11.3 Å². The van der Waals surface area contributed by atoms with Crippen LogP contribution in [0.25, 0.3) is 0 Å². The van der Waals surface area contributed by atoms with Crippen molar-refractivity contribution >= 4 is 11.9 Å². The summed E-state index contributed by atoms with van der Waals surface area (Å²) < 4.78 is 11.3. The zero-order valence-electron chi connectivity index (χ0n) is 14.9. The number of nitrogens with zero attached hydrogens (tertiary/aromatic N) is 1. The molecule has 6 heteroatoms. The van der Waals surface area contributed by atoms with Crippen LogP contribution in [0.3, 0.4) is 0 Å². The number of benzene rings is 1. The second-order valence-corrected chi connectivity index (χ2v) is 7.69. The smallest absolute Gasteiger partial charge is 0.311 e. The molecule has 1 N–H and O–H groups in total. The Morgan fingerprint density at radius 1 is 1.15 bits per heavy atom. The Kier molecular flexibility index (Phi) is 4.61. The van der Waals surface area contributed by atoms with E-state index < -0.39 is 11.4 Å². The number of carbonyl (C=O) groups excluding carboxylic acids is 1. The number of hydrogen-bond acceptors (Lipinski definition) is 4.